The first kappa shape index (κ1) is 46.5. The summed E-state index contributed by atoms with van der Waals surface area (Å²) in [5.74, 6) is -8.03. The molecule has 15 nitrogen and oxygen atoms in total. The first-order chi connectivity index (χ1) is 31.3. The number of ether oxygens (including phenoxy) is 3. The smallest absolute Gasteiger partial charge is 0.407 e. The summed E-state index contributed by atoms with van der Waals surface area (Å²) in [6.07, 6.45) is 3.55. The summed E-state index contributed by atoms with van der Waals surface area (Å²) in [6, 6.07) is 7.65. The summed E-state index contributed by atoms with van der Waals surface area (Å²) in [5, 5.41) is 4.98. The normalized spacial score (nSPS) is 21.5. The van der Waals surface area contributed by atoms with Gasteiger partial charge in [-0.25, -0.2) is 37.1 Å². The van der Waals surface area contributed by atoms with Gasteiger partial charge in [0.25, 0.3) is 11.8 Å². The van der Waals surface area contributed by atoms with E-state index < -0.39 is 97.8 Å². The topological polar surface area (TPSA) is 184 Å². The third kappa shape index (κ3) is 8.97. The lowest BCUT2D eigenvalue weighted by molar-refractivity contribution is -0.137. The summed E-state index contributed by atoms with van der Waals surface area (Å²) in [7, 11) is 2.33. The molecule has 4 atom stereocenters. The van der Waals surface area contributed by atoms with Crippen LogP contribution in [0.15, 0.2) is 48.8 Å². The predicted molar refractivity (Wildman–Crippen MR) is 233 cm³/mol. The van der Waals surface area contributed by atoms with Gasteiger partial charge in [0.2, 0.25) is 11.8 Å². The van der Waals surface area contributed by atoms with Crippen molar-refractivity contribution in [3.8, 4) is 33.6 Å². The van der Waals surface area contributed by atoms with Gasteiger partial charge >= 0.3 is 12.2 Å². The lowest BCUT2D eigenvalue weighted by Crippen LogP contribution is -2.51. The Balaban J connectivity index is 1.08. The number of rotatable bonds is 11. The second-order valence-electron chi connectivity index (χ2n) is 18.6. The summed E-state index contributed by atoms with van der Waals surface area (Å²) in [4.78, 5) is 69.3. The number of likely N-dealkylation sites (tertiary alicyclic amines) is 2. The lowest BCUT2D eigenvalue weighted by atomic mass is 9.72. The average Bonchev–Trinajstić information content (AvgIpc) is 4.14. The number of H-pyrrole nitrogens is 2. The quantitative estimate of drug-likeness (QED) is 0.110. The van der Waals surface area contributed by atoms with E-state index in [2.05, 4.69) is 41.4 Å². The zero-order chi connectivity index (χ0) is 47.3. The first-order valence-corrected chi connectivity index (χ1v) is 22.3. The Kier molecular flexibility index (Phi) is 12.7. The lowest BCUT2D eigenvalue weighted by Gasteiger charge is -2.36. The molecule has 4 N–H and O–H groups in total. The van der Waals surface area contributed by atoms with Crippen LogP contribution in [0.3, 0.4) is 0 Å². The van der Waals surface area contributed by atoms with Gasteiger partial charge in [-0.1, -0.05) is 64.1 Å². The maximum atomic E-state index is 15.1. The molecule has 3 aliphatic heterocycles. The summed E-state index contributed by atoms with van der Waals surface area (Å²) >= 11 is 0. The molecule has 19 heteroatoms. The van der Waals surface area contributed by atoms with E-state index in [0.29, 0.717) is 24.6 Å². The SMILES string of the molecule is COC(=O)N[C@H](C(=O)N1CC(F)(F)C[C@H]1c1ncc(-c2ccc(-c3ccc(-c4cnc([C@@H]5CC(F)(F)CN5C(=O)[C@@H](NC(=O)OC)C(C)C)[nH]4)c4c3C3(CCOCC3)CC4)cc2)[nH]1)C(C)C. The highest BCUT2D eigenvalue weighted by molar-refractivity contribution is 5.87. The van der Waals surface area contributed by atoms with Crippen LogP contribution in [0.25, 0.3) is 33.6 Å². The van der Waals surface area contributed by atoms with Crippen molar-refractivity contribution < 1.29 is 51.0 Å². The van der Waals surface area contributed by atoms with Crippen LogP contribution >= 0.6 is 0 Å². The van der Waals surface area contributed by atoms with Crippen molar-refractivity contribution in [3.05, 3.63) is 71.6 Å². The van der Waals surface area contributed by atoms with E-state index in [-0.39, 0.29) is 17.1 Å². The van der Waals surface area contributed by atoms with Crippen LogP contribution in [-0.4, -0.2) is 118 Å². The maximum absolute atomic E-state index is 15.1. The van der Waals surface area contributed by atoms with Gasteiger partial charge in [-0.05, 0) is 65.3 Å². The number of nitrogens with zero attached hydrogens (tertiary/aromatic N) is 4. The molecule has 4 amide bonds. The molecule has 2 aromatic carbocycles. The molecule has 1 spiro atoms. The van der Waals surface area contributed by atoms with Crippen LogP contribution in [0, 0.1) is 11.8 Å². The zero-order valence-electron chi connectivity index (χ0n) is 37.8. The fourth-order valence-electron chi connectivity index (χ4n) is 10.2. The largest absolute Gasteiger partial charge is 0.453 e. The number of imidazole rings is 2. The van der Waals surface area contributed by atoms with E-state index in [9.17, 15) is 28.0 Å². The van der Waals surface area contributed by atoms with E-state index in [1.54, 1.807) is 40.1 Å². The van der Waals surface area contributed by atoms with Crippen LogP contribution in [0.2, 0.25) is 0 Å². The van der Waals surface area contributed by atoms with Crippen molar-refractivity contribution in [3.63, 3.8) is 0 Å². The molecular formula is C47H56F4N8O7. The Morgan fingerprint density at radius 1 is 0.697 bits per heavy atom. The van der Waals surface area contributed by atoms with Crippen molar-refractivity contribution in [2.24, 2.45) is 11.8 Å². The van der Waals surface area contributed by atoms with Crippen molar-refractivity contribution in [2.45, 2.75) is 108 Å². The van der Waals surface area contributed by atoms with Crippen molar-refractivity contribution >= 4 is 24.0 Å². The number of aromatic amines is 2. The Labute approximate surface area is 379 Å². The van der Waals surface area contributed by atoms with Gasteiger partial charge in [-0.2, -0.15) is 0 Å². The molecule has 1 aliphatic carbocycles. The number of amides is 4. The van der Waals surface area contributed by atoms with Gasteiger partial charge < -0.3 is 44.6 Å². The highest BCUT2D eigenvalue weighted by Crippen LogP contribution is 2.53. The van der Waals surface area contributed by atoms with Crippen molar-refractivity contribution in [1.82, 2.24) is 40.4 Å². The standard InChI is InChI=1S/C47H56F4N8O7/c1-25(2)37(56-43(62)64-5)41(60)58-23-46(48,49)19-34(58)39-52-21-32(54-39)28-9-7-27(8-10-28)29-11-12-30(31-13-14-45(36(29)31)15-17-66-18-16-45)33-22-53-40(55-33)35-20-47(50,51)24-59(35)42(61)38(26(3)4)57-44(63)65-6/h7-12,21-22,25-26,34-35,37-38H,13-20,23-24H2,1-6H3,(H,52,54)(H,53,55)(H,56,62)(H,57,63)/t34-,35-,37-,38-/m0/s1. The highest BCUT2D eigenvalue weighted by Gasteiger charge is 2.52. The van der Waals surface area contributed by atoms with Gasteiger partial charge in [0.05, 0.1) is 63.2 Å². The highest BCUT2D eigenvalue weighted by atomic mass is 19.3. The number of alkyl carbamates (subject to hydrolysis) is 2. The number of halogens is 4. The molecule has 4 aliphatic rings. The minimum absolute atomic E-state index is 0.165. The molecule has 354 valence electrons. The fraction of sp³-hybridized carbons (Fsp3) is 0.532. The van der Waals surface area contributed by atoms with Crippen LogP contribution in [0.5, 0.6) is 0 Å². The van der Waals surface area contributed by atoms with Gasteiger partial charge in [-0.3, -0.25) is 9.59 Å². The van der Waals surface area contributed by atoms with Crippen LogP contribution in [0.4, 0.5) is 27.2 Å². The van der Waals surface area contributed by atoms with E-state index in [1.807, 2.05) is 30.3 Å². The number of carbonyl (C=O) groups excluding carboxylic acids is 4. The van der Waals surface area contributed by atoms with Gasteiger partial charge in [0.15, 0.2) is 0 Å². The third-order valence-corrected chi connectivity index (χ3v) is 13.7. The molecule has 66 heavy (non-hydrogen) atoms. The summed E-state index contributed by atoms with van der Waals surface area (Å²) in [5.41, 5.74) is 6.98. The Hall–Kier alpha value is -5.98. The number of aromatic nitrogens is 4. The second-order valence-corrected chi connectivity index (χ2v) is 18.6. The third-order valence-electron chi connectivity index (χ3n) is 13.7. The van der Waals surface area contributed by atoms with Crippen LogP contribution in [0.1, 0.15) is 94.7 Å². The molecule has 0 unspecified atom stereocenters. The predicted octanol–water partition coefficient (Wildman–Crippen LogP) is 7.71. The Morgan fingerprint density at radius 2 is 1.17 bits per heavy atom. The first-order valence-electron chi connectivity index (χ1n) is 22.3. The number of nitrogens with one attached hydrogen (secondary N) is 4. The maximum Gasteiger partial charge on any atom is 0.407 e. The monoisotopic (exact) mass is 920 g/mol. The zero-order valence-corrected chi connectivity index (χ0v) is 37.8. The van der Waals surface area contributed by atoms with E-state index in [0.717, 1.165) is 70.4 Å². The van der Waals surface area contributed by atoms with Crippen LogP contribution in [-0.2, 0) is 35.6 Å². The fourth-order valence-corrected chi connectivity index (χ4v) is 10.2. The molecule has 0 saturated carbocycles. The van der Waals surface area contributed by atoms with E-state index in [4.69, 9.17) is 9.47 Å². The van der Waals surface area contributed by atoms with Crippen LogP contribution < -0.4 is 10.6 Å². The number of fused-ring (bicyclic) bond motifs is 2. The van der Waals surface area contributed by atoms with Crippen molar-refractivity contribution in [2.75, 3.05) is 40.5 Å². The van der Waals surface area contributed by atoms with Gasteiger partial charge in [-0.15, -0.1) is 0 Å². The van der Waals surface area contributed by atoms with Gasteiger partial charge in [0.1, 0.15) is 23.7 Å². The number of methoxy groups -OCH3 is 2. The molecular weight excluding hydrogens is 865 g/mol. The molecule has 3 fully saturated rings. The molecule has 0 radical (unpaired) electrons. The molecule has 4 aromatic rings. The number of hydrogen-bond donors (Lipinski definition) is 4. The molecule has 0 bridgehead atoms. The summed E-state index contributed by atoms with van der Waals surface area (Å²) in [6.45, 7) is 6.43. The number of carbonyl (C=O) groups is 4. The van der Waals surface area contributed by atoms with E-state index >= 15 is 8.78 Å². The number of benzene rings is 2. The minimum Gasteiger partial charge on any atom is -0.453 e. The average molecular weight is 921 g/mol. The van der Waals surface area contributed by atoms with Crippen molar-refractivity contribution in [1.29, 1.82) is 0 Å². The number of alkyl halides is 4. The number of hydrogen-bond acceptors (Lipinski definition) is 9. The molecule has 8 rings (SSSR count). The van der Waals surface area contributed by atoms with Gasteiger partial charge in [0, 0.05) is 37.0 Å². The second kappa shape index (κ2) is 18.0. The molecule has 3 saturated heterocycles. The minimum atomic E-state index is -3.17. The molecule has 2 aromatic heterocycles. The summed E-state index contributed by atoms with van der Waals surface area (Å²) < 4.78 is 75.4. The molecule has 5 heterocycles. The van der Waals surface area contributed by atoms with E-state index in [1.165, 1.54) is 12.7 Å². The Bertz CT molecular complexity index is 2470. The Morgan fingerprint density at radius 3 is 1.67 bits per heavy atom.